The van der Waals surface area contributed by atoms with E-state index in [1.165, 1.54) is 17.5 Å². The summed E-state index contributed by atoms with van der Waals surface area (Å²) in [6.07, 6.45) is 1.44. The Morgan fingerprint density at radius 1 is 1.33 bits per heavy atom. The van der Waals surface area contributed by atoms with Gasteiger partial charge in [-0.2, -0.15) is 0 Å². The zero-order valence-corrected chi connectivity index (χ0v) is 6.82. The van der Waals surface area contributed by atoms with Crippen molar-refractivity contribution >= 4 is 34.3 Å². The smallest absolute Gasteiger partial charge is 0.423 e. The van der Waals surface area contributed by atoms with Gasteiger partial charge in [0.05, 0.1) is 11.0 Å². The van der Waals surface area contributed by atoms with Crippen LogP contribution in [0.15, 0.2) is 17.8 Å². The molecule has 0 amide bonds. The standard InChI is InChI=1S/C6H5BN2O2S/c10-7(11)4-1-5-6(8-2-4)12-3-9-5/h1-3,10-11H. The van der Waals surface area contributed by atoms with Gasteiger partial charge in [-0.05, 0) is 6.07 Å². The zero-order chi connectivity index (χ0) is 8.55. The van der Waals surface area contributed by atoms with Gasteiger partial charge >= 0.3 is 7.12 Å². The predicted molar refractivity (Wildman–Crippen MR) is 47.2 cm³/mol. The molecule has 60 valence electrons. The third kappa shape index (κ3) is 1.20. The molecule has 0 radical (unpaired) electrons. The number of hydrogen-bond donors (Lipinski definition) is 2. The van der Waals surface area contributed by atoms with Gasteiger partial charge in [-0.1, -0.05) is 0 Å². The molecule has 2 heterocycles. The van der Waals surface area contributed by atoms with Crippen LogP contribution in [0.25, 0.3) is 10.3 Å². The summed E-state index contributed by atoms with van der Waals surface area (Å²) in [4.78, 5) is 8.80. The summed E-state index contributed by atoms with van der Waals surface area (Å²) in [5, 5.41) is 17.6. The van der Waals surface area contributed by atoms with E-state index < -0.39 is 7.12 Å². The molecule has 0 aliphatic rings. The number of pyridine rings is 1. The monoisotopic (exact) mass is 180 g/mol. The lowest BCUT2D eigenvalue weighted by atomic mass is 9.82. The van der Waals surface area contributed by atoms with Gasteiger partial charge in [-0.3, -0.25) is 0 Å². The van der Waals surface area contributed by atoms with Gasteiger partial charge in [0.2, 0.25) is 0 Å². The highest BCUT2D eigenvalue weighted by atomic mass is 32.1. The number of nitrogens with zero attached hydrogens (tertiary/aromatic N) is 2. The molecule has 0 unspecified atom stereocenters. The summed E-state index contributed by atoms with van der Waals surface area (Å²) < 4.78 is 0. The van der Waals surface area contributed by atoms with Gasteiger partial charge in [-0.15, -0.1) is 11.3 Å². The second kappa shape index (κ2) is 2.82. The number of hydrogen-bond acceptors (Lipinski definition) is 5. The summed E-state index contributed by atoms with van der Waals surface area (Å²) in [6.45, 7) is 0. The lowest BCUT2D eigenvalue weighted by Crippen LogP contribution is -2.29. The summed E-state index contributed by atoms with van der Waals surface area (Å²) >= 11 is 1.42. The topological polar surface area (TPSA) is 66.2 Å². The Kier molecular flexibility index (Phi) is 1.80. The lowest BCUT2D eigenvalue weighted by molar-refractivity contribution is 0.425. The molecule has 2 N–H and O–H groups in total. The molecule has 12 heavy (non-hydrogen) atoms. The Bertz CT molecular complexity index is 403. The van der Waals surface area contributed by atoms with Crippen LogP contribution in [0.3, 0.4) is 0 Å². The molecule has 0 saturated carbocycles. The first-order valence-corrected chi connectivity index (χ1v) is 4.20. The highest BCUT2D eigenvalue weighted by Gasteiger charge is 2.12. The zero-order valence-electron chi connectivity index (χ0n) is 6.01. The first-order chi connectivity index (χ1) is 5.77. The first kappa shape index (κ1) is 7.66. The predicted octanol–water partition coefficient (Wildman–Crippen LogP) is -0.629. The lowest BCUT2D eigenvalue weighted by Gasteiger charge is -1.96. The second-order valence-corrected chi connectivity index (χ2v) is 3.15. The van der Waals surface area contributed by atoms with E-state index in [1.807, 2.05) is 0 Å². The normalized spacial score (nSPS) is 10.5. The minimum Gasteiger partial charge on any atom is -0.423 e. The molecule has 6 heteroatoms. The third-order valence-corrected chi connectivity index (χ3v) is 2.26. The van der Waals surface area contributed by atoms with Gasteiger partial charge in [0.15, 0.2) is 0 Å². The van der Waals surface area contributed by atoms with Crippen molar-refractivity contribution in [1.82, 2.24) is 9.97 Å². The summed E-state index contributed by atoms with van der Waals surface area (Å²) in [7, 11) is -1.47. The number of fused-ring (bicyclic) bond motifs is 1. The van der Waals surface area contributed by atoms with E-state index in [-0.39, 0.29) is 0 Å². The summed E-state index contributed by atoms with van der Waals surface area (Å²) in [6, 6.07) is 1.61. The molecule has 0 bridgehead atoms. The van der Waals surface area contributed by atoms with Gasteiger partial charge < -0.3 is 10.0 Å². The Hall–Kier alpha value is -0.975. The van der Waals surface area contributed by atoms with E-state index in [9.17, 15) is 0 Å². The Morgan fingerprint density at radius 3 is 2.92 bits per heavy atom. The van der Waals surface area contributed by atoms with Crippen molar-refractivity contribution in [2.24, 2.45) is 0 Å². The Labute approximate surface area is 72.7 Å². The van der Waals surface area contributed by atoms with Crippen molar-refractivity contribution in [2.45, 2.75) is 0 Å². The molecule has 0 spiro atoms. The van der Waals surface area contributed by atoms with Crippen molar-refractivity contribution in [3.63, 3.8) is 0 Å². The SMILES string of the molecule is OB(O)c1cnc2scnc2c1. The van der Waals surface area contributed by atoms with Crippen LogP contribution in [0.4, 0.5) is 0 Å². The number of rotatable bonds is 1. The quantitative estimate of drug-likeness (QED) is 0.573. The number of aromatic nitrogens is 2. The minimum atomic E-state index is -1.47. The Morgan fingerprint density at radius 2 is 2.17 bits per heavy atom. The highest BCUT2D eigenvalue weighted by Crippen LogP contribution is 2.11. The molecule has 4 nitrogen and oxygen atoms in total. The van der Waals surface area contributed by atoms with Crippen LogP contribution < -0.4 is 5.46 Å². The maximum Gasteiger partial charge on any atom is 0.490 e. The van der Waals surface area contributed by atoms with Crippen molar-refractivity contribution in [3.05, 3.63) is 17.8 Å². The molecular weight excluding hydrogens is 175 g/mol. The molecular formula is C6H5BN2O2S. The van der Waals surface area contributed by atoms with Crippen LogP contribution in [-0.4, -0.2) is 27.1 Å². The average Bonchev–Trinajstić information content (AvgIpc) is 2.49. The van der Waals surface area contributed by atoms with E-state index in [2.05, 4.69) is 9.97 Å². The Balaban J connectivity index is 2.60. The van der Waals surface area contributed by atoms with Crippen LogP contribution in [0.2, 0.25) is 0 Å². The molecule has 2 aromatic heterocycles. The fraction of sp³-hybridized carbons (Fsp3) is 0. The van der Waals surface area contributed by atoms with Crippen LogP contribution >= 0.6 is 11.3 Å². The molecule has 2 aromatic rings. The maximum atomic E-state index is 8.81. The van der Waals surface area contributed by atoms with Gasteiger partial charge in [0.25, 0.3) is 0 Å². The van der Waals surface area contributed by atoms with Crippen LogP contribution in [0.5, 0.6) is 0 Å². The van der Waals surface area contributed by atoms with Gasteiger partial charge in [-0.25, -0.2) is 9.97 Å². The van der Waals surface area contributed by atoms with E-state index in [0.717, 1.165) is 4.83 Å². The fourth-order valence-corrected chi connectivity index (χ4v) is 1.53. The molecule has 0 aliphatic carbocycles. The van der Waals surface area contributed by atoms with Crippen LogP contribution in [0, 0.1) is 0 Å². The largest absolute Gasteiger partial charge is 0.490 e. The second-order valence-electron chi connectivity index (χ2n) is 2.32. The third-order valence-electron chi connectivity index (χ3n) is 1.51. The highest BCUT2D eigenvalue weighted by molar-refractivity contribution is 7.16. The van der Waals surface area contributed by atoms with Crippen molar-refractivity contribution in [1.29, 1.82) is 0 Å². The molecule has 0 aromatic carbocycles. The first-order valence-electron chi connectivity index (χ1n) is 3.32. The van der Waals surface area contributed by atoms with Gasteiger partial charge in [0, 0.05) is 11.7 Å². The van der Waals surface area contributed by atoms with Gasteiger partial charge in [0.1, 0.15) is 4.83 Å². The van der Waals surface area contributed by atoms with Crippen LogP contribution in [-0.2, 0) is 0 Å². The van der Waals surface area contributed by atoms with Crippen LogP contribution in [0.1, 0.15) is 0 Å². The molecule has 0 fully saturated rings. The fourth-order valence-electron chi connectivity index (χ4n) is 0.914. The summed E-state index contributed by atoms with van der Waals surface area (Å²) in [5.74, 6) is 0. The molecule has 2 rings (SSSR count). The van der Waals surface area contributed by atoms with E-state index in [1.54, 1.807) is 11.6 Å². The average molecular weight is 180 g/mol. The van der Waals surface area contributed by atoms with Crippen molar-refractivity contribution in [2.75, 3.05) is 0 Å². The van der Waals surface area contributed by atoms with Crippen molar-refractivity contribution in [3.8, 4) is 0 Å². The van der Waals surface area contributed by atoms with E-state index >= 15 is 0 Å². The van der Waals surface area contributed by atoms with E-state index in [4.69, 9.17) is 10.0 Å². The number of thiazole rings is 1. The molecule has 0 saturated heterocycles. The summed E-state index contributed by atoms with van der Waals surface area (Å²) in [5.41, 5.74) is 2.74. The minimum absolute atomic E-state index is 0.369. The van der Waals surface area contributed by atoms with Crippen molar-refractivity contribution < 1.29 is 10.0 Å². The molecule has 0 atom stereocenters. The van der Waals surface area contributed by atoms with E-state index in [0.29, 0.717) is 11.0 Å². The maximum absolute atomic E-state index is 8.81. The molecule has 0 aliphatic heterocycles.